The van der Waals surface area contributed by atoms with Gasteiger partial charge in [-0.1, -0.05) is 97.9 Å². The summed E-state index contributed by atoms with van der Waals surface area (Å²) in [5.74, 6) is 1.61. The van der Waals surface area contributed by atoms with E-state index in [1.165, 1.54) is 22.3 Å². The zero-order chi connectivity index (χ0) is 26.6. The Labute approximate surface area is 218 Å². The van der Waals surface area contributed by atoms with Gasteiger partial charge in [-0.05, 0) is 71.9 Å². The molecule has 36 heavy (non-hydrogen) atoms. The molecule has 0 bridgehead atoms. The maximum Gasteiger partial charge on any atom is 0.0849 e. The van der Waals surface area contributed by atoms with E-state index < -0.39 is 0 Å². The lowest BCUT2D eigenvalue weighted by Gasteiger charge is -2.17. The number of pyridine rings is 1. The third-order valence-electron chi connectivity index (χ3n) is 6.73. The first-order chi connectivity index (χ1) is 17.0. The van der Waals surface area contributed by atoms with Gasteiger partial charge in [0.15, 0.2) is 0 Å². The van der Waals surface area contributed by atoms with E-state index in [-0.39, 0.29) is 0 Å². The molecule has 0 atom stereocenters. The molecule has 190 valence electrons. The second-order valence-corrected chi connectivity index (χ2v) is 11.0. The first kappa shape index (κ1) is 27.5. The molecule has 0 N–H and O–H groups in total. The van der Waals surface area contributed by atoms with Crippen molar-refractivity contribution in [1.82, 2.24) is 4.98 Å². The number of benzene rings is 2. The van der Waals surface area contributed by atoms with Gasteiger partial charge in [0.2, 0.25) is 0 Å². The molecule has 2 aromatic carbocycles. The van der Waals surface area contributed by atoms with Gasteiger partial charge in [-0.15, -0.1) is 0 Å². The molecule has 0 radical (unpaired) electrons. The van der Waals surface area contributed by atoms with Crippen LogP contribution in [0.25, 0.3) is 0 Å². The molecule has 0 aliphatic carbocycles. The second kappa shape index (κ2) is 11.8. The lowest BCUT2D eigenvalue weighted by atomic mass is 9.93. The third-order valence-corrected chi connectivity index (χ3v) is 6.73. The van der Waals surface area contributed by atoms with E-state index in [0.717, 1.165) is 34.2 Å². The summed E-state index contributed by atoms with van der Waals surface area (Å²) in [6.07, 6.45) is 0. The average Bonchev–Trinajstić information content (AvgIpc) is 2.83. The number of hydrogen-bond acceptors (Lipinski definition) is 3. The molecule has 0 amide bonds. The van der Waals surface area contributed by atoms with Crippen LogP contribution in [0.4, 0.5) is 11.4 Å². The van der Waals surface area contributed by atoms with Gasteiger partial charge in [0.25, 0.3) is 0 Å². The van der Waals surface area contributed by atoms with Gasteiger partial charge in [0, 0.05) is 0 Å². The Morgan fingerprint density at radius 2 is 0.778 bits per heavy atom. The molecule has 3 aromatic rings. The van der Waals surface area contributed by atoms with Crippen molar-refractivity contribution in [2.45, 2.75) is 92.9 Å². The highest BCUT2D eigenvalue weighted by Gasteiger charge is 2.16. The van der Waals surface area contributed by atoms with Gasteiger partial charge in [-0.25, -0.2) is 4.98 Å². The van der Waals surface area contributed by atoms with E-state index in [1.54, 1.807) is 0 Å². The monoisotopic (exact) mass is 481 g/mol. The summed E-state index contributed by atoms with van der Waals surface area (Å²) in [7, 11) is 0. The lowest BCUT2D eigenvalue weighted by Crippen LogP contribution is -2.06. The van der Waals surface area contributed by atoms with Crippen LogP contribution >= 0.6 is 0 Å². The number of hydrogen-bond donors (Lipinski definition) is 0. The molecule has 3 nitrogen and oxygen atoms in total. The van der Waals surface area contributed by atoms with Crippen molar-refractivity contribution in [2.24, 2.45) is 9.98 Å². The van der Waals surface area contributed by atoms with Crippen molar-refractivity contribution >= 4 is 22.8 Å². The van der Waals surface area contributed by atoms with Gasteiger partial charge in [0.05, 0.1) is 34.2 Å². The molecule has 1 aromatic heterocycles. The first-order valence-corrected chi connectivity index (χ1v) is 13.3. The zero-order valence-electron chi connectivity index (χ0n) is 23.8. The molecule has 0 aliphatic heterocycles. The van der Waals surface area contributed by atoms with Crippen molar-refractivity contribution in [1.29, 1.82) is 0 Å². The van der Waals surface area contributed by atoms with Gasteiger partial charge in [0.1, 0.15) is 0 Å². The Bertz CT molecular complexity index is 1110. The SMILES string of the molecule is C/C(=N\c1c(C(C)C)cccc1C(C)C)c1cccc(/C(C)=N/c2c(C(C)C)cccc2C(C)C)n1. The summed E-state index contributed by atoms with van der Waals surface area (Å²) in [6, 6.07) is 19.2. The van der Waals surface area contributed by atoms with E-state index in [1.807, 2.05) is 12.1 Å². The minimum absolute atomic E-state index is 0.403. The fourth-order valence-electron chi connectivity index (χ4n) is 4.57. The van der Waals surface area contributed by atoms with Crippen LogP contribution < -0.4 is 0 Å². The predicted octanol–water partition coefficient (Wildman–Crippen LogP) is 9.86. The van der Waals surface area contributed by atoms with Gasteiger partial charge >= 0.3 is 0 Å². The van der Waals surface area contributed by atoms with E-state index in [2.05, 4.69) is 112 Å². The maximum absolute atomic E-state index is 5.15. The standard InChI is InChI=1S/C33H43N3/c1-20(2)26-14-11-15-27(21(3)4)32(26)34-24(9)30-18-13-19-31(36-30)25(10)35-33-28(22(5)6)16-12-17-29(33)23(7)8/h11-23H,1-10H3/b34-24+,35-25+. The van der Waals surface area contributed by atoms with Crippen LogP contribution in [0.15, 0.2) is 64.6 Å². The molecule has 0 saturated carbocycles. The van der Waals surface area contributed by atoms with Gasteiger partial charge in [-0.3, -0.25) is 9.98 Å². The number of aromatic nitrogens is 1. The van der Waals surface area contributed by atoms with Crippen LogP contribution in [-0.2, 0) is 0 Å². The number of nitrogens with zero attached hydrogens (tertiary/aromatic N) is 3. The Morgan fingerprint density at radius 1 is 0.500 bits per heavy atom. The Balaban J connectivity index is 2.08. The van der Waals surface area contributed by atoms with Crippen molar-refractivity contribution in [3.63, 3.8) is 0 Å². The highest BCUT2D eigenvalue weighted by atomic mass is 14.8. The van der Waals surface area contributed by atoms with Crippen molar-refractivity contribution in [2.75, 3.05) is 0 Å². The summed E-state index contributed by atoms with van der Waals surface area (Å²) in [6.45, 7) is 22.0. The van der Waals surface area contributed by atoms with Crippen LogP contribution in [-0.4, -0.2) is 16.4 Å². The van der Waals surface area contributed by atoms with Gasteiger partial charge < -0.3 is 0 Å². The first-order valence-electron chi connectivity index (χ1n) is 13.3. The maximum atomic E-state index is 5.15. The van der Waals surface area contributed by atoms with E-state index in [9.17, 15) is 0 Å². The fourth-order valence-corrected chi connectivity index (χ4v) is 4.57. The molecule has 0 unspecified atom stereocenters. The van der Waals surface area contributed by atoms with Crippen LogP contribution in [0.3, 0.4) is 0 Å². The van der Waals surface area contributed by atoms with Crippen molar-refractivity contribution in [3.8, 4) is 0 Å². The number of aliphatic imine (C=N–C) groups is 2. The number of para-hydroxylation sites is 2. The van der Waals surface area contributed by atoms with Crippen molar-refractivity contribution < 1.29 is 0 Å². The van der Waals surface area contributed by atoms with Crippen molar-refractivity contribution in [3.05, 3.63) is 88.2 Å². The molecular weight excluding hydrogens is 438 g/mol. The molecule has 1 heterocycles. The van der Waals surface area contributed by atoms with E-state index in [0.29, 0.717) is 23.7 Å². The number of rotatable bonds is 8. The summed E-state index contributed by atoms with van der Waals surface area (Å²) in [5, 5.41) is 0. The quantitative estimate of drug-likeness (QED) is 0.295. The topological polar surface area (TPSA) is 37.6 Å². The molecule has 0 spiro atoms. The summed E-state index contributed by atoms with van der Waals surface area (Å²) in [4.78, 5) is 15.3. The smallest absolute Gasteiger partial charge is 0.0849 e. The zero-order valence-corrected chi connectivity index (χ0v) is 23.8. The summed E-state index contributed by atoms with van der Waals surface area (Å²) >= 11 is 0. The predicted molar refractivity (Wildman–Crippen MR) is 157 cm³/mol. The highest BCUT2D eigenvalue weighted by molar-refractivity contribution is 6.02. The molecular formula is C33H43N3. The minimum Gasteiger partial charge on any atom is -0.251 e. The Morgan fingerprint density at radius 3 is 1.06 bits per heavy atom. The largest absolute Gasteiger partial charge is 0.251 e. The van der Waals surface area contributed by atoms with Crippen LogP contribution in [0, 0.1) is 0 Å². The molecule has 3 heteroatoms. The highest BCUT2D eigenvalue weighted by Crippen LogP contribution is 2.36. The molecule has 3 rings (SSSR count). The van der Waals surface area contributed by atoms with Gasteiger partial charge in [-0.2, -0.15) is 0 Å². The fraction of sp³-hybridized carbons (Fsp3) is 0.424. The summed E-state index contributed by atoms with van der Waals surface area (Å²) < 4.78 is 0. The molecule has 0 aliphatic rings. The average molecular weight is 482 g/mol. The van der Waals surface area contributed by atoms with Crippen LogP contribution in [0.1, 0.15) is 127 Å². The Kier molecular flexibility index (Phi) is 9.00. The Hall–Kier alpha value is -3.07. The second-order valence-electron chi connectivity index (χ2n) is 11.0. The summed E-state index contributed by atoms with van der Waals surface area (Å²) in [5.41, 5.74) is 10.9. The minimum atomic E-state index is 0.403. The lowest BCUT2D eigenvalue weighted by molar-refractivity contribution is 0.834. The van der Waals surface area contributed by atoms with E-state index >= 15 is 0 Å². The van der Waals surface area contributed by atoms with Crippen LogP contribution in [0.2, 0.25) is 0 Å². The van der Waals surface area contributed by atoms with Crippen LogP contribution in [0.5, 0.6) is 0 Å². The molecule has 0 saturated heterocycles. The normalized spacial score (nSPS) is 12.9. The third kappa shape index (κ3) is 6.19. The molecule has 0 fully saturated rings. The van der Waals surface area contributed by atoms with E-state index in [4.69, 9.17) is 15.0 Å².